The van der Waals surface area contributed by atoms with Crippen LogP contribution in [-0.4, -0.2) is 24.2 Å². The van der Waals surface area contributed by atoms with Gasteiger partial charge in [-0.1, -0.05) is 52.3 Å². The fourth-order valence-electron chi connectivity index (χ4n) is 3.31. The number of hydrogen-bond acceptors (Lipinski definition) is 2. The van der Waals surface area contributed by atoms with Gasteiger partial charge in [0.25, 0.3) is 0 Å². The van der Waals surface area contributed by atoms with E-state index in [1.807, 2.05) is 0 Å². The molecule has 2 nitrogen and oxygen atoms in total. The van der Waals surface area contributed by atoms with Crippen LogP contribution in [0.25, 0.3) is 0 Å². The maximum atomic E-state index is 5.89. The van der Waals surface area contributed by atoms with Crippen molar-refractivity contribution in [1.29, 1.82) is 0 Å². The number of benzene rings is 2. The van der Waals surface area contributed by atoms with E-state index < -0.39 is 0 Å². The van der Waals surface area contributed by atoms with Crippen LogP contribution in [0.15, 0.2) is 46.9 Å². The highest BCUT2D eigenvalue weighted by Gasteiger charge is 2.20. The van der Waals surface area contributed by atoms with Crippen LogP contribution in [0.5, 0.6) is 0 Å². The first-order valence-electron chi connectivity index (χ1n) is 8.75. The molecule has 0 aliphatic carbocycles. The third-order valence-corrected chi connectivity index (χ3v) is 5.48. The Morgan fingerprint density at radius 2 is 1.88 bits per heavy atom. The number of ether oxygens (including phenoxy) is 1. The zero-order chi connectivity index (χ0) is 16.9. The molecule has 1 aliphatic rings. The third-order valence-electron chi connectivity index (χ3n) is 4.74. The molecule has 0 bridgehead atoms. The predicted octanol–water partition coefficient (Wildman–Crippen LogP) is 5.25. The molecule has 1 aliphatic heterocycles. The van der Waals surface area contributed by atoms with Gasteiger partial charge in [-0.05, 0) is 55.0 Å². The summed E-state index contributed by atoms with van der Waals surface area (Å²) in [6, 6.07) is 15.3. The Hall–Kier alpha value is -1.16. The Balaban J connectivity index is 1.77. The molecule has 1 saturated heterocycles. The number of aryl methyl sites for hydroxylation is 2. The monoisotopic (exact) mass is 387 g/mol. The molecule has 1 atom stereocenters. The van der Waals surface area contributed by atoms with Gasteiger partial charge < -0.3 is 4.74 Å². The standard InChI is InChI=1S/C21H26BrNO/c1-16-9-10-19(21(22)12-16)14-23(15-20-8-5-11-24-20)13-18-7-4-3-6-17(18)2/h3-4,6-7,9-10,12,20H,5,8,11,13-15H2,1-2H3. The maximum absolute atomic E-state index is 5.89. The second-order valence-corrected chi connectivity index (χ2v) is 7.68. The minimum absolute atomic E-state index is 0.373. The van der Waals surface area contributed by atoms with Crippen molar-refractivity contribution in [3.8, 4) is 0 Å². The molecule has 24 heavy (non-hydrogen) atoms. The average Bonchev–Trinajstić information content (AvgIpc) is 3.05. The molecule has 3 rings (SSSR count). The van der Waals surface area contributed by atoms with Crippen LogP contribution in [0.2, 0.25) is 0 Å². The van der Waals surface area contributed by atoms with Gasteiger partial charge in [0, 0.05) is 30.7 Å². The van der Waals surface area contributed by atoms with Gasteiger partial charge in [0.1, 0.15) is 0 Å². The number of nitrogens with zero attached hydrogens (tertiary/aromatic N) is 1. The van der Waals surface area contributed by atoms with E-state index >= 15 is 0 Å². The molecule has 2 aromatic carbocycles. The lowest BCUT2D eigenvalue weighted by atomic mass is 10.1. The molecule has 3 heteroatoms. The van der Waals surface area contributed by atoms with Crippen molar-refractivity contribution in [1.82, 2.24) is 4.90 Å². The molecular formula is C21H26BrNO. The maximum Gasteiger partial charge on any atom is 0.0703 e. The molecule has 0 spiro atoms. The summed E-state index contributed by atoms with van der Waals surface area (Å²) in [6.07, 6.45) is 2.74. The van der Waals surface area contributed by atoms with Gasteiger partial charge in [0.2, 0.25) is 0 Å². The lowest BCUT2D eigenvalue weighted by Gasteiger charge is -2.26. The van der Waals surface area contributed by atoms with Crippen molar-refractivity contribution in [3.05, 3.63) is 69.2 Å². The summed E-state index contributed by atoms with van der Waals surface area (Å²) < 4.78 is 7.08. The number of halogens is 1. The minimum atomic E-state index is 0.373. The van der Waals surface area contributed by atoms with Gasteiger partial charge in [-0.15, -0.1) is 0 Å². The Labute approximate surface area is 154 Å². The fraction of sp³-hybridized carbons (Fsp3) is 0.429. The van der Waals surface area contributed by atoms with E-state index in [1.54, 1.807) is 0 Å². The Morgan fingerprint density at radius 3 is 2.58 bits per heavy atom. The topological polar surface area (TPSA) is 12.5 Å². The summed E-state index contributed by atoms with van der Waals surface area (Å²) in [6.45, 7) is 8.14. The van der Waals surface area contributed by atoms with Crippen molar-refractivity contribution in [2.75, 3.05) is 13.2 Å². The van der Waals surface area contributed by atoms with E-state index in [9.17, 15) is 0 Å². The highest BCUT2D eigenvalue weighted by Crippen LogP contribution is 2.23. The van der Waals surface area contributed by atoms with E-state index in [0.717, 1.165) is 26.2 Å². The molecule has 0 saturated carbocycles. The summed E-state index contributed by atoms with van der Waals surface area (Å²) in [5.41, 5.74) is 5.39. The second kappa shape index (κ2) is 8.28. The molecule has 2 aromatic rings. The zero-order valence-electron chi connectivity index (χ0n) is 14.6. The van der Waals surface area contributed by atoms with Crippen LogP contribution in [0.3, 0.4) is 0 Å². The first kappa shape index (κ1) is 17.7. The Bertz CT molecular complexity index is 679. The van der Waals surface area contributed by atoms with Crippen molar-refractivity contribution in [2.45, 2.75) is 45.9 Å². The van der Waals surface area contributed by atoms with Crippen LogP contribution in [0, 0.1) is 13.8 Å². The normalized spacial score (nSPS) is 17.6. The minimum Gasteiger partial charge on any atom is -0.377 e. The molecule has 1 fully saturated rings. The molecular weight excluding hydrogens is 362 g/mol. The van der Waals surface area contributed by atoms with Crippen molar-refractivity contribution in [2.24, 2.45) is 0 Å². The van der Waals surface area contributed by atoms with Gasteiger partial charge in [0.15, 0.2) is 0 Å². The average molecular weight is 388 g/mol. The first-order valence-corrected chi connectivity index (χ1v) is 9.54. The molecule has 1 unspecified atom stereocenters. The summed E-state index contributed by atoms with van der Waals surface area (Å²) in [7, 11) is 0. The highest BCUT2D eigenvalue weighted by molar-refractivity contribution is 9.10. The van der Waals surface area contributed by atoms with Gasteiger partial charge in [-0.3, -0.25) is 4.90 Å². The molecule has 0 N–H and O–H groups in total. The van der Waals surface area contributed by atoms with E-state index in [2.05, 4.69) is 77.1 Å². The zero-order valence-corrected chi connectivity index (χ0v) is 16.2. The Morgan fingerprint density at radius 1 is 1.08 bits per heavy atom. The summed E-state index contributed by atoms with van der Waals surface area (Å²) in [5.74, 6) is 0. The fourth-order valence-corrected chi connectivity index (χ4v) is 3.93. The molecule has 0 aromatic heterocycles. The third kappa shape index (κ3) is 4.69. The second-order valence-electron chi connectivity index (χ2n) is 6.83. The first-order chi connectivity index (χ1) is 11.6. The highest BCUT2D eigenvalue weighted by atomic mass is 79.9. The summed E-state index contributed by atoms with van der Waals surface area (Å²) in [5, 5.41) is 0. The van der Waals surface area contributed by atoms with E-state index in [-0.39, 0.29) is 0 Å². The predicted molar refractivity (Wildman–Crippen MR) is 103 cm³/mol. The van der Waals surface area contributed by atoms with Crippen LogP contribution >= 0.6 is 15.9 Å². The molecule has 0 amide bonds. The van der Waals surface area contributed by atoms with Crippen molar-refractivity contribution >= 4 is 15.9 Å². The van der Waals surface area contributed by atoms with Crippen LogP contribution < -0.4 is 0 Å². The lowest BCUT2D eigenvalue weighted by Crippen LogP contribution is -2.31. The summed E-state index contributed by atoms with van der Waals surface area (Å²) >= 11 is 3.73. The van der Waals surface area contributed by atoms with Crippen molar-refractivity contribution < 1.29 is 4.74 Å². The molecule has 128 valence electrons. The van der Waals surface area contributed by atoms with Crippen LogP contribution in [0.1, 0.15) is 35.1 Å². The largest absolute Gasteiger partial charge is 0.377 e. The number of hydrogen-bond donors (Lipinski definition) is 0. The smallest absolute Gasteiger partial charge is 0.0703 e. The lowest BCUT2D eigenvalue weighted by molar-refractivity contribution is 0.0677. The SMILES string of the molecule is Cc1ccc(CN(Cc2ccccc2C)CC2CCCO2)c(Br)c1. The summed E-state index contributed by atoms with van der Waals surface area (Å²) in [4.78, 5) is 2.52. The Kier molecular flexibility index (Phi) is 6.09. The van der Waals surface area contributed by atoms with Gasteiger partial charge >= 0.3 is 0 Å². The molecule has 1 heterocycles. The van der Waals surface area contributed by atoms with Crippen LogP contribution in [0.4, 0.5) is 0 Å². The van der Waals surface area contributed by atoms with Gasteiger partial charge in [-0.2, -0.15) is 0 Å². The number of rotatable bonds is 6. The van der Waals surface area contributed by atoms with E-state index in [0.29, 0.717) is 6.10 Å². The molecule has 0 radical (unpaired) electrons. The van der Waals surface area contributed by atoms with Crippen molar-refractivity contribution in [3.63, 3.8) is 0 Å². The quantitative estimate of drug-likeness (QED) is 0.671. The van der Waals surface area contributed by atoms with E-state index in [1.165, 1.54) is 39.6 Å². The van der Waals surface area contributed by atoms with Gasteiger partial charge in [0.05, 0.1) is 6.10 Å². The van der Waals surface area contributed by atoms with Gasteiger partial charge in [-0.25, -0.2) is 0 Å². The van der Waals surface area contributed by atoms with Crippen LogP contribution in [-0.2, 0) is 17.8 Å². The van der Waals surface area contributed by atoms with E-state index in [4.69, 9.17) is 4.74 Å².